The number of hydrazine groups is 1. The van der Waals surface area contributed by atoms with Crippen molar-refractivity contribution in [2.45, 2.75) is 18.9 Å². The number of hydrogen-bond acceptors (Lipinski definition) is 4. The normalized spacial score (nSPS) is 14.9. The fourth-order valence-corrected chi connectivity index (χ4v) is 3.06. The summed E-state index contributed by atoms with van der Waals surface area (Å²) < 4.78 is 11.9. The van der Waals surface area contributed by atoms with E-state index in [9.17, 15) is 0 Å². The van der Waals surface area contributed by atoms with E-state index in [0.717, 1.165) is 34.1 Å². The van der Waals surface area contributed by atoms with Crippen LogP contribution < -0.4 is 16.0 Å². The van der Waals surface area contributed by atoms with Crippen LogP contribution in [-0.2, 0) is 12.8 Å². The van der Waals surface area contributed by atoms with E-state index in [1.165, 1.54) is 0 Å². The first-order valence-corrected chi connectivity index (χ1v) is 7.50. The van der Waals surface area contributed by atoms with Gasteiger partial charge in [-0.25, -0.2) is 5.43 Å². The van der Waals surface area contributed by atoms with Crippen LogP contribution in [-0.4, -0.2) is 6.61 Å². The van der Waals surface area contributed by atoms with Gasteiger partial charge in [-0.05, 0) is 57.7 Å². The summed E-state index contributed by atoms with van der Waals surface area (Å²) in [6, 6.07) is 7.49. The first-order valence-electron chi connectivity index (χ1n) is 6.33. The van der Waals surface area contributed by atoms with Crippen molar-refractivity contribution in [3.63, 3.8) is 0 Å². The lowest BCUT2D eigenvalue weighted by Crippen LogP contribution is -2.29. The first kappa shape index (κ1) is 13.9. The fourth-order valence-electron chi connectivity index (χ4n) is 2.47. The highest BCUT2D eigenvalue weighted by Crippen LogP contribution is 2.35. The monoisotopic (exact) mass is 356 g/mol. The molecule has 0 radical (unpaired) electrons. The Labute approximate surface area is 130 Å². The third-order valence-electron chi connectivity index (χ3n) is 3.39. The molecule has 0 fully saturated rings. The maximum atomic E-state index is 6.17. The number of nitrogens with one attached hydrogen (secondary N) is 1. The second-order valence-corrected chi connectivity index (χ2v) is 5.93. The van der Waals surface area contributed by atoms with E-state index in [1.54, 1.807) is 0 Å². The molecule has 1 aliphatic heterocycles. The van der Waals surface area contributed by atoms with Crippen LogP contribution in [0, 0.1) is 0 Å². The van der Waals surface area contributed by atoms with Crippen molar-refractivity contribution in [3.8, 4) is 5.75 Å². The lowest BCUT2D eigenvalue weighted by Gasteiger charge is -2.16. The van der Waals surface area contributed by atoms with Gasteiger partial charge in [-0.3, -0.25) is 5.84 Å². The minimum Gasteiger partial charge on any atom is -0.493 e. The average Bonchev–Trinajstić information content (AvgIpc) is 3.04. The smallest absolute Gasteiger partial charge is 0.169 e. The molecule has 20 heavy (non-hydrogen) atoms. The molecule has 2 aromatic rings. The Bertz CT molecular complexity index is 630. The van der Waals surface area contributed by atoms with Crippen molar-refractivity contribution in [3.05, 3.63) is 50.8 Å². The molecule has 3 rings (SSSR count). The van der Waals surface area contributed by atoms with Crippen LogP contribution in [0.2, 0.25) is 5.02 Å². The summed E-state index contributed by atoms with van der Waals surface area (Å²) in [6.45, 7) is 0.704. The highest BCUT2D eigenvalue weighted by atomic mass is 79.9. The number of benzene rings is 1. The SMILES string of the molecule is NNC(Cc1cc(Cl)cc2c1OCC2)c1ccc(Br)o1. The molecule has 1 unspecified atom stereocenters. The van der Waals surface area contributed by atoms with Gasteiger partial charge < -0.3 is 9.15 Å². The second kappa shape index (κ2) is 5.77. The van der Waals surface area contributed by atoms with E-state index in [1.807, 2.05) is 24.3 Å². The molecule has 0 aliphatic carbocycles. The van der Waals surface area contributed by atoms with Crippen LogP contribution in [0.25, 0.3) is 0 Å². The molecule has 2 heterocycles. The van der Waals surface area contributed by atoms with E-state index >= 15 is 0 Å². The van der Waals surface area contributed by atoms with Crippen molar-refractivity contribution in [2.24, 2.45) is 5.84 Å². The third-order valence-corrected chi connectivity index (χ3v) is 4.03. The summed E-state index contributed by atoms with van der Waals surface area (Å²) >= 11 is 9.46. The number of hydrogen-bond donors (Lipinski definition) is 2. The lowest BCUT2D eigenvalue weighted by molar-refractivity contribution is 0.348. The average molecular weight is 358 g/mol. The van der Waals surface area contributed by atoms with Gasteiger partial charge in [0.15, 0.2) is 4.67 Å². The molecule has 0 bridgehead atoms. The highest BCUT2D eigenvalue weighted by molar-refractivity contribution is 9.10. The number of halogens is 2. The quantitative estimate of drug-likeness (QED) is 0.650. The molecule has 4 nitrogen and oxygen atoms in total. The van der Waals surface area contributed by atoms with Gasteiger partial charge in [0.25, 0.3) is 0 Å². The second-order valence-electron chi connectivity index (χ2n) is 4.72. The topological polar surface area (TPSA) is 60.4 Å². The molecular weight excluding hydrogens is 344 g/mol. The molecule has 3 N–H and O–H groups in total. The van der Waals surface area contributed by atoms with Crippen molar-refractivity contribution < 1.29 is 9.15 Å². The van der Waals surface area contributed by atoms with E-state index in [4.69, 9.17) is 26.6 Å². The minimum atomic E-state index is -0.131. The van der Waals surface area contributed by atoms with Gasteiger partial charge in [-0.1, -0.05) is 11.6 Å². The zero-order valence-corrected chi connectivity index (χ0v) is 13.0. The highest BCUT2D eigenvalue weighted by Gasteiger charge is 2.22. The van der Waals surface area contributed by atoms with Gasteiger partial charge in [0.2, 0.25) is 0 Å². The number of fused-ring (bicyclic) bond motifs is 1. The Morgan fingerprint density at radius 3 is 2.95 bits per heavy atom. The Kier molecular flexibility index (Phi) is 4.03. The van der Waals surface area contributed by atoms with E-state index < -0.39 is 0 Å². The number of nitrogens with two attached hydrogens (primary N) is 1. The van der Waals surface area contributed by atoms with Crippen LogP contribution in [0.1, 0.15) is 22.9 Å². The summed E-state index contributed by atoms with van der Waals surface area (Å²) in [6.07, 6.45) is 1.55. The maximum absolute atomic E-state index is 6.17. The molecule has 1 aromatic carbocycles. The van der Waals surface area contributed by atoms with Crippen molar-refractivity contribution in [2.75, 3.05) is 6.61 Å². The summed E-state index contributed by atoms with van der Waals surface area (Å²) in [5.41, 5.74) is 4.98. The lowest BCUT2D eigenvalue weighted by atomic mass is 10.0. The molecule has 106 valence electrons. The molecule has 0 amide bonds. The standard InChI is InChI=1S/C14H14BrClN2O2/c15-13-2-1-12(20-13)11(18-17)7-9-6-10(16)5-8-3-4-19-14(8)9/h1-2,5-6,11,18H,3-4,7,17H2. The van der Waals surface area contributed by atoms with Crippen molar-refractivity contribution in [1.29, 1.82) is 0 Å². The summed E-state index contributed by atoms with van der Waals surface area (Å²) in [5.74, 6) is 7.35. The summed E-state index contributed by atoms with van der Waals surface area (Å²) in [4.78, 5) is 0. The Balaban J connectivity index is 1.90. The Morgan fingerprint density at radius 2 is 2.25 bits per heavy atom. The van der Waals surface area contributed by atoms with Gasteiger partial charge in [-0.2, -0.15) is 0 Å². The Hall–Kier alpha value is -1.01. The molecule has 0 saturated heterocycles. The predicted molar refractivity (Wildman–Crippen MR) is 80.8 cm³/mol. The fraction of sp³-hybridized carbons (Fsp3) is 0.286. The maximum Gasteiger partial charge on any atom is 0.169 e. The van der Waals surface area contributed by atoms with Crippen LogP contribution in [0.5, 0.6) is 5.75 Å². The van der Waals surface area contributed by atoms with E-state index in [2.05, 4.69) is 21.4 Å². The van der Waals surface area contributed by atoms with Gasteiger partial charge in [-0.15, -0.1) is 0 Å². The molecular formula is C14H14BrClN2O2. The third kappa shape index (κ3) is 2.72. The van der Waals surface area contributed by atoms with Crippen LogP contribution >= 0.6 is 27.5 Å². The van der Waals surface area contributed by atoms with Crippen molar-refractivity contribution >= 4 is 27.5 Å². The molecule has 1 aromatic heterocycles. The largest absolute Gasteiger partial charge is 0.493 e. The van der Waals surface area contributed by atoms with Gasteiger partial charge in [0, 0.05) is 11.4 Å². The Morgan fingerprint density at radius 1 is 1.40 bits per heavy atom. The predicted octanol–water partition coefficient (Wildman–Crippen LogP) is 3.38. The molecule has 1 aliphatic rings. The first-order chi connectivity index (χ1) is 9.67. The molecule has 1 atom stereocenters. The van der Waals surface area contributed by atoms with Crippen molar-refractivity contribution in [1.82, 2.24) is 5.43 Å². The summed E-state index contributed by atoms with van der Waals surface area (Å²) in [5, 5.41) is 0.723. The van der Waals surface area contributed by atoms with Gasteiger partial charge in [0.1, 0.15) is 11.5 Å². The zero-order valence-electron chi connectivity index (χ0n) is 10.7. The number of rotatable bonds is 4. The van der Waals surface area contributed by atoms with E-state index in [0.29, 0.717) is 17.7 Å². The number of ether oxygens (including phenoxy) is 1. The molecule has 6 heteroatoms. The molecule has 0 spiro atoms. The summed E-state index contributed by atoms with van der Waals surface area (Å²) in [7, 11) is 0. The van der Waals surface area contributed by atoms with Crippen LogP contribution in [0.15, 0.2) is 33.4 Å². The van der Waals surface area contributed by atoms with Gasteiger partial charge in [0.05, 0.1) is 12.6 Å². The van der Waals surface area contributed by atoms with E-state index in [-0.39, 0.29) is 6.04 Å². The number of furan rings is 1. The molecule has 0 saturated carbocycles. The minimum absolute atomic E-state index is 0.131. The zero-order chi connectivity index (χ0) is 14.1. The van der Waals surface area contributed by atoms with Crippen LogP contribution in [0.4, 0.5) is 0 Å². The van der Waals surface area contributed by atoms with Gasteiger partial charge >= 0.3 is 0 Å². The van der Waals surface area contributed by atoms with Crippen LogP contribution in [0.3, 0.4) is 0 Å².